The molecule has 0 unspecified atom stereocenters. The molecule has 0 saturated carbocycles. The Bertz CT molecular complexity index is 1050. The summed E-state index contributed by atoms with van der Waals surface area (Å²) >= 11 is 6.46. The van der Waals surface area contributed by atoms with E-state index >= 15 is 0 Å². The van der Waals surface area contributed by atoms with Crippen molar-refractivity contribution in [3.05, 3.63) is 52.6 Å². The number of amides is 1. The Morgan fingerprint density at radius 1 is 1.28 bits per heavy atom. The Labute approximate surface area is 191 Å². The number of carbonyl (C=O) groups is 1. The molecule has 2 aromatic rings. The number of halogens is 2. The van der Waals surface area contributed by atoms with Gasteiger partial charge in [0.2, 0.25) is 0 Å². The van der Waals surface area contributed by atoms with Crippen molar-refractivity contribution in [1.82, 2.24) is 10.3 Å². The molecule has 10 heteroatoms. The minimum atomic E-state index is -1.21. The number of nitrogens with zero attached hydrogens (tertiary/aromatic N) is 1. The zero-order valence-electron chi connectivity index (χ0n) is 18.5. The van der Waals surface area contributed by atoms with Gasteiger partial charge in [-0.25, -0.2) is 9.18 Å². The smallest absolute Gasteiger partial charge is 0.478 e. The minimum absolute atomic E-state index is 0.1000. The molecule has 1 amide bonds. The lowest BCUT2D eigenvalue weighted by molar-refractivity contribution is 0.00578. The molecular formula is C22H25BClFN2O5. The van der Waals surface area contributed by atoms with Crippen molar-refractivity contribution < 1.29 is 28.3 Å². The second-order valence-electron chi connectivity index (χ2n) is 9.17. The van der Waals surface area contributed by atoms with Crippen LogP contribution in [0.15, 0.2) is 30.5 Å². The summed E-state index contributed by atoms with van der Waals surface area (Å²) in [5, 5.41) is 11.5. The first-order chi connectivity index (χ1) is 14.9. The van der Waals surface area contributed by atoms with Gasteiger partial charge in [0.25, 0.3) is 0 Å². The third-order valence-corrected chi connectivity index (χ3v) is 7.16. The summed E-state index contributed by atoms with van der Waals surface area (Å²) in [5.41, 5.74) is -1.07. The van der Waals surface area contributed by atoms with Crippen molar-refractivity contribution in [1.29, 1.82) is 0 Å². The molecule has 0 spiro atoms. The highest BCUT2D eigenvalue weighted by Gasteiger charge is 2.57. The van der Waals surface area contributed by atoms with Crippen LogP contribution in [0.2, 0.25) is 5.02 Å². The number of rotatable bonds is 4. The van der Waals surface area contributed by atoms with Gasteiger partial charge < -0.3 is 24.5 Å². The minimum Gasteiger partial charge on any atom is -0.478 e. The summed E-state index contributed by atoms with van der Waals surface area (Å²) in [7, 11) is -0.921. The first-order valence-corrected chi connectivity index (χ1v) is 10.7. The molecular weight excluding hydrogens is 438 g/mol. The predicted molar refractivity (Wildman–Crippen MR) is 118 cm³/mol. The van der Waals surface area contributed by atoms with Crippen LogP contribution in [0.25, 0.3) is 0 Å². The van der Waals surface area contributed by atoms with E-state index in [1.165, 1.54) is 6.07 Å². The highest BCUT2D eigenvalue weighted by Crippen LogP contribution is 2.51. The van der Waals surface area contributed by atoms with E-state index < -0.39 is 41.7 Å². The molecule has 1 aromatic heterocycles. The first-order valence-electron chi connectivity index (χ1n) is 10.3. The molecule has 1 aromatic carbocycles. The van der Waals surface area contributed by atoms with E-state index in [4.69, 9.17) is 25.6 Å². The Balaban J connectivity index is 1.87. The number of pyridine rings is 1. The molecule has 1 saturated heterocycles. The number of hydrogen-bond acceptors (Lipinski definition) is 5. The summed E-state index contributed by atoms with van der Waals surface area (Å²) in [6.07, 6.45) is 0.391. The molecule has 7 nitrogen and oxygen atoms in total. The zero-order valence-corrected chi connectivity index (χ0v) is 19.3. The van der Waals surface area contributed by atoms with Gasteiger partial charge in [-0.15, -0.1) is 0 Å². The number of fused-ring (bicyclic) bond motifs is 1. The highest BCUT2D eigenvalue weighted by molar-refractivity contribution is 6.66. The van der Waals surface area contributed by atoms with E-state index in [9.17, 15) is 14.3 Å². The summed E-state index contributed by atoms with van der Waals surface area (Å²) in [6, 6.07) is 6.50. The van der Waals surface area contributed by atoms with Gasteiger partial charge >= 0.3 is 13.2 Å². The average Bonchev–Trinajstić information content (AvgIpc) is 3.11. The number of aromatic nitrogens is 1. The molecule has 2 aliphatic heterocycles. The maximum absolute atomic E-state index is 14.9. The van der Waals surface area contributed by atoms with E-state index in [0.29, 0.717) is 16.7 Å². The third kappa shape index (κ3) is 3.43. The fourth-order valence-corrected chi connectivity index (χ4v) is 4.50. The summed E-state index contributed by atoms with van der Waals surface area (Å²) in [4.78, 5) is 15.7. The maximum Gasteiger partial charge on any atom is 0.496 e. The maximum atomic E-state index is 14.9. The first kappa shape index (κ1) is 22.8. The molecule has 2 aliphatic rings. The van der Waals surface area contributed by atoms with Gasteiger partial charge in [0.15, 0.2) is 5.60 Å². The van der Waals surface area contributed by atoms with Crippen LogP contribution in [0.4, 0.5) is 9.18 Å². The van der Waals surface area contributed by atoms with Gasteiger partial charge in [-0.2, -0.15) is 0 Å². The molecule has 2 atom stereocenters. The monoisotopic (exact) mass is 462 g/mol. The fourth-order valence-electron chi connectivity index (χ4n) is 4.25. The Kier molecular flexibility index (Phi) is 5.43. The lowest BCUT2D eigenvalue weighted by Gasteiger charge is -2.32. The SMILES string of the molecule is C[C@H]1c2c(cc(F)c(Cl)c2B2OC(C)(C)C(C)(C)O2)O[C@]1(CNC(=O)O)c1ccccn1. The highest BCUT2D eigenvalue weighted by atomic mass is 35.5. The van der Waals surface area contributed by atoms with E-state index in [2.05, 4.69) is 10.3 Å². The second kappa shape index (κ2) is 7.61. The lowest BCUT2D eigenvalue weighted by atomic mass is 9.70. The Morgan fingerprint density at radius 2 is 1.94 bits per heavy atom. The Hall–Kier alpha value is -2.36. The third-order valence-electron chi connectivity index (χ3n) is 6.77. The van der Waals surface area contributed by atoms with Crippen LogP contribution in [0.5, 0.6) is 5.75 Å². The van der Waals surface area contributed by atoms with Gasteiger partial charge in [-0.3, -0.25) is 4.98 Å². The van der Waals surface area contributed by atoms with Crippen molar-refractivity contribution in [3.63, 3.8) is 0 Å². The van der Waals surface area contributed by atoms with Crippen LogP contribution in [-0.2, 0) is 14.9 Å². The molecule has 32 heavy (non-hydrogen) atoms. The van der Waals surface area contributed by atoms with Crippen LogP contribution in [0.3, 0.4) is 0 Å². The largest absolute Gasteiger partial charge is 0.496 e. The lowest BCUT2D eigenvalue weighted by Crippen LogP contribution is -2.47. The van der Waals surface area contributed by atoms with Crippen molar-refractivity contribution in [2.75, 3.05) is 6.54 Å². The van der Waals surface area contributed by atoms with Crippen molar-refractivity contribution in [2.45, 2.75) is 57.3 Å². The quantitative estimate of drug-likeness (QED) is 0.671. The molecule has 2 N–H and O–H groups in total. The van der Waals surface area contributed by atoms with Gasteiger partial charge in [-0.05, 0) is 39.8 Å². The van der Waals surface area contributed by atoms with Crippen LogP contribution < -0.4 is 15.5 Å². The van der Waals surface area contributed by atoms with Crippen molar-refractivity contribution in [3.8, 4) is 5.75 Å². The molecule has 0 aliphatic carbocycles. The summed E-state index contributed by atoms with van der Waals surface area (Å²) < 4.78 is 33.6. The van der Waals surface area contributed by atoms with Crippen LogP contribution in [-0.4, -0.2) is 41.0 Å². The second-order valence-corrected chi connectivity index (χ2v) is 9.55. The molecule has 0 bridgehead atoms. The number of ether oxygens (including phenoxy) is 1. The number of benzene rings is 1. The summed E-state index contributed by atoms with van der Waals surface area (Å²) in [5.74, 6) is -0.876. The molecule has 0 radical (unpaired) electrons. The van der Waals surface area contributed by atoms with Crippen LogP contribution in [0.1, 0.15) is 51.8 Å². The van der Waals surface area contributed by atoms with Crippen LogP contribution in [0, 0.1) is 5.82 Å². The van der Waals surface area contributed by atoms with E-state index in [1.807, 2.05) is 34.6 Å². The Morgan fingerprint density at radius 3 is 2.50 bits per heavy atom. The van der Waals surface area contributed by atoms with Gasteiger partial charge in [0, 0.05) is 29.2 Å². The molecule has 170 valence electrons. The van der Waals surface area contributed by atoms with E-state index in [0.717, 1.165) is 0 Å². The average molecular weight is 463 g/mol. The van der Waals surface area contributed by atoms with Crippen molar-refractivity contribution in [2.24, 2.45) is 0 Å². The van der Waals surface area contributed by atoms with Crippen LogP contribution >= 0.6 is 11.6 Å². The zero-order chi connectivity index (χ0) is 23.5. The van der Waals surface area contributed by atoms with Gasteiger partial charge in [0.1, 0.15) is 11.6 Å². The van der Waals surface area contributed by atoms with E-state index in [1.54, 1.807) is 24.4 Å². The normalized spacial score (nSPS) is 25.3. The molecule has 4 rings (SSSR count). The topological polar surface area (TPSA) is 89.9 Å². The predicted octanol–water partition coefficient (Wildman–Crippen LogP) is 3.83. The number of nitrogens with one attached hydrogen (secondary N) is 1. The molecule has 3 heterocycles. The molecule has 1 fully saturated rings. The number of carboxylic acid groups (broad SMARTS) is 1. The fraction of sp³-hybridized carbons (Fsp3) is 0.455. The van der Waals surface area contributed by atoms with Gasteiger partial charge in [0.05, 0.1) is 28.5 Å². The van der Waals surface area contributed by atoms with Gasteiger partial charge in [-0.1, -0.05) is 24.6 Å². The number of hydrogen-bond donors (Lipinski definition) is 2. The van der Waals surface area contributed by atoms with E-state index in [-0.39, 0.29) is 17.3 Å². The summed E-state index contributed by atoms with van der Waals surface area (Å²) in [6.45, 7) is 9.36. The van der Waals surface area contributed by atoms with Crippen molar-refractivity contribution >= 4 is 30.3 Å². The standard InChI is InChI=1S/C22H25BClFN2O5/c1-12-16-14(30-22(12,11-27-19(28)29)15-8-6-7-9-26-15)10-13(25)18(24)17(16)23-31-20(2,3)21(4,5)32-23/h6-10,12,27H,11H2,1-5H3,(H,28,29)/t12-,22-/m0/s1.